The minimum absolute atomic E-state index is 0.241. The summed E-state index contributed by atoms with van der Waals surface area (Å²) in [6, 6.07) is 2.96. The third kappa shape index (κ3) is 2.48. The summed E-state index contributed by atoms with van der Waals surface area (Å²) >= 11 is 2.97. The predicted molar refractivity (Wildman–Crippen MR) is 54.0 cm³/mol. The maximum absolute atomic E-state index is 13.5. The van der Waals surface area contributed by atoms with Crippen LogP contribution >= 0.6 is 15.9 Å². The Morgan fingerprint density at radius 2 is 1.17 bits per heavy atom. The summed E-state index contributed by atoms with van der Waals surface area (Å²) in [5.41, 5.74) is -6.40. The molecule has 0 N–H and O–H groups in total. The second-order valence-electron chi connectivity index (χ2n) is 3.48. The van der Waals surface area contributed by atoms with Crippen LogP contribution in [0.15, 0.2) is 24.3 Å². The Morgan fingerprint density at radius 3 is 1.44 bits per heavy atom. The molecule has 0 aliphatic heterocycles. The molecule has 0 spiro atoms. The zero-order chi connectivity index (χ0) is 14.2. The molecule has 0 aliphatic rings. The molecule has 0 radical (unpaired) electrons. The van der Waals surface area contributed by atoms with Gasteiger partial charge in [0.15, 0.2) is 0 Å². The first-order valence-corrected chi connectivity index (χ1v) is 5.64. The van der Waals surface area contributed by atoms with Gasteiger partial charge < -0.3 is 0 Å². The zero-order valence-corrected chi connectivity index (χ0v) is 10.1. The van der Waals surface area contributed by atoms with Gasteiger partial charge in [0.2, 0.25) is 0 Å². The first-order valence-electron chi connectivity index (χ1n) is 4.52. The molecule has 18 heavy (non-hydrogen) atoms. The molecule has 0 unspecified atom stereocenters. The van der Waals surface area contributed by atoms with Crippen LogP contribution in [0.3, 0.4) is 0 Å². The van der Waals surface area contributed by atoms with Crippen LogP contribution in [0.5, 0.6) is 0 Å². The van der Waals surface area contributed by atoms with E-state index in [4.69, 9.17) is 0 Å². The van der Waals surface area contributed by atoms with Gasteiger partial charge in [-0.15, -0.1) is 0 Å². The molecule has 0 aliphatic carbocycles. The minimum Gasteiger partial charge on any atom is -0.218 e. The van der Waals surface area contributed by atoms with Gasteiger partial charge in [0.05, 0.1) is 0 Å². The lowest BCUT2D eigenvalue weighted by atomic mass is 9.93. The third-order valence-corrected chi connectivity index (χ3v) is 2.93. The Morgan fingerprint density at radius 1 is 0.778 bits per heavy atom. The summed E-state index contributed by atoms with van der Waals surface area (Å²) in [6.07, 6.45) is -12.1. The lowest BCUT2D eigenvalue weighted by Gasteiger charge is -2.30. The lowest BCUT2D eigenvalue weighted by Crippen LogP contribution is -2.50. The number of benzene rings is 1. The molecule has 0 atom stereocenters. The maximum Gasteiger partial charge on any atom is 0.435 e. The minimum atomic E-state index is -6.07. The van der Waals surface area contributed by atoms with E-state index in [-0.39, 0.29) is 5.33 Å². The SMILES string of the molecule is FC(F)(F)C(F)(c1ccc(CBr)cc1)C(F)(F)F. The normalized spacial score (nSPS) is 13.8. The molecule has 1 aromatic carbocycles. The van der Waals surface area contributed by atoms with Crippen LogP contribution < -0.4 is 0 Å². The van der Waals surface area contributed by atoms with Crippen LogP contribution in [0.2, 0.25) is 0 Å². The molecule has 0 amide bonds. The number of hydrogen-bond acceptors (Lipinski definition) is 0. The van der Waals surface area contributed by atoms with Gasteiger partial charge >= 0.3 is 18.0 Å². The van der Waals surface area contributed by atoms with Crippen molar-refractivity contribution < 1.29 is 30.7 Å². The number of halogens is 8. The van der Waals surface area contributed by atoms with Crippen molar-refractivity contribution >= 4 is 15.9 Å². The van der Waals surface area contributed by atoms with E-state index in [1.807, 2.05) is 0 Å². The van der Waals surface area contributed by atoms with Crippen molar-refractivity contribution in [2.75, 3.05) is 0 Å². The van der Waals surface area contributed by atoms with Crippen molar-refractivity contribution in [2.45, 2.75) is 23.4 Å². The van der Waals surface area contributed by atoms with Crippen LogP contribution in [0.4, 0.5) is 30.7 Å². The largest absolute Gasteiger partial charge is 0.435 e. The molecule has 1 aromatic rings. The molecule has 0 bridgehead atoms. The van der Waals surface area contributed by atoms with Gasteiger partial charge in [0, 0.05) is 10.9 Å². The zero-order valence-electron chi connectivity index (χ0n) is 8.54. The molecule has 0 nitrogen and oxygen atoms in total. The monoisotopic (exact) mass is 338 g/mol. The van der Waals surface area contributed by atoms with E-state index in [0.29, 0.717) is 17.7 Å². The first kappa shape index (κ1) is 15.3. The summed E-state index contributed by atoms with van der Waals surface area (Å²) in [5.74, 6) is 0. The van der Waals surface area contributed by atoms with Crippen molar-refractivity contribution in [3.8, 4) is 0 Å². The van der Waals surface area contributed by atoms with Gasteiger partial charge in [-0.25, -0.2) is 4.39 Å². The maximum atomic E-state index is 13.5. The van der Waals surface area contributed by atoms with Crippen LogP contribution in [0.1, 0.15) is 11.1 Å². The van der Waals surface area contributed by atoms with Crippen LogP contribution in [-0.2, 0) is 11.0 Å². The van der Waals surface area contributed by atoms with Crippen molar-refractivity contribution in [1.29, 1.82) is 0 Å². The van der Waals surface area contributed by atoms with E-state index < -0.39 is 23.6 Å². The van der Waals surface area contributed by atoms with E-state index in [1.54, 1.807) is 0 Å². The quantitative estimate of drug-likeness (QED) is 0.533. The molecule has 0 saturated heterocycles. The smallest absolute Gasteiger partial charge is 0.218 e. The molecule has 0 heterocycles. The second kappa shape index (κ2) is 4.71. The average molecular weight is 339 g/mol. The van der Waals surface area contributed by atoms with E-state index >= 15 is 0 Å². The first-order chi connectivity index (χ1) is 8.04. The fourth-order valence-electron chi connectivity index (χ4n) is 1.31. The fourth-order valence-corrected chi connectivity index (χ4v) is 1.69. The Bertz CT molecular complexity index is 390. The van der Waals surface area contributed by atoms with E-state index in [2.05, 4.69) is 15.9 Å². The van der Waals surface area contributed by atoms with Gasteiger partial charge in [0.25, 0.3) is 0 Å². The Labute approximate surface area is 106 Å². The van der Waals surface area contributed by atoms with E-state index in [0.717, 1.165) is 12.1 Å². The molecule has 0 aromatic heterocycles. The molecule has 1 rings (SSSR count). The highest BCUT2D eigenvalue weighted by Crippen LogP contribution is 2.53. The molecule has 0 saturated carbocycles. The van der Waals surface area contributed by atoms with E-state index in [1.165, 1.54) is 0 Å². The van der Waals surface area contributed by atoms with Gasteiger partial charge in [-0.2, -0.15) is 26.3 Å². The van der Waals surface area contributed by atoms with Crippen molar-refractivity contribution in [3.63, 3.8) is 0 Å². The Balaban J connectivity index is 3.36. The summed E-state index contributed by atoms with van der Waals surface area (Å²) < 4.78 is 87.7. The summed E-state index contributed by atoms with van der Waals surface area (Å²) in [4.78, 5) is 0. The predicted octanol–water partition coefficient (Wildman–Crippen LogP) is 4.87. The van der Waals surface area contributed by atoms with Gasteiger partial charge in [0.1, 0.15) is 0 Å². The Hall–Kier alpha value is -0.790. The van der Waals surface area contributed by atoms with Crippen molar-refractivity contribution in [1.82, 2.24) is 0 Å². The highest BCUT2D eigenvalue weighted by Gasteiger charge is 2.73. The van der Waals surface area contributed by atoms with Crippen LogP contribution in [-0.4, -0.2) is 12.4 Å². The average Bonchev–Trinajstić information content (AvgIpc) is 2.25. The highest BCUT2D eigenvalue weighted by atomic mass is 79.9. The molecular weight excluding hydrogens is 333 g/mol. The number of hydrogen-bond donors (Lipinski definition) is 0. The van der Waals surface area contributed by atoms with Gasteiger partial charge in [-0.1, -0.05) is 40.2 Å². The summed E-state index contributed by atoms with van der Waals surface area (Å²) in [6.45, 7) is 0. The standard InChI is InChI=1S/C10H6BrF7/c11-5-6-1-3-7(4-2-6)8(12,9(13,14)15)10(16,17)18/h1-4H,5H2. The highest BCUT2D eigenvalue weighted by molar-refractivity contribution is 9.08. The van der Waals surface area contributed by atoms with Gasteiger partial charge in [-0.05, 0) is 5.56 Å². The topological polar surface area (TPSA) is 0 Å². The van der Waals surface area contributed by atoms with Gasteiger partial charge in [-0.3, -0.25) is 0 Å². The third-order valence-electron chi connectivity index (χ3n) is 2.29. The summed E-state index contributed by atoms with van der Waals surface area (Å²) in [7, 11) is 0. The fraction of sp³-hybridized carbons (Fsp3) is 0.400. The number of rotatable bonds is 2. The van der Waals surface area contributed by atoms with Crippen molar-refractivity contribution in [2.24, 2.45) is 0 Å². The van der Waals surface area contributed by atoms with Crippen LogP contribution in [0, 0.1) is 0 Å². The molecule has 8 heteroatoms. The van der Waals surface area contributed by atoms with Crippen molar-refractivity contribution in [3.05, 3.63) is 35.4 Å². The van der Waals surface area contributed by atoms with Crippen LogP contribution in [0.25, 0.3) is 0 Å². The molecule has 102 valence electrons. The molecular formula is C10H6BrF7. The summed E-state index contributed by atoms with van der Waals surface area (Å²) in [5, 5.41) is 0.241. The number of alkyl halides is 8. The lowest BCUT2D eigenvalue weighted by molar-refractivity contribution is -0.348. The second-order valence-corrected chi connectivity index (χ2v) is 4.05. The molecule has 0 fully saturated rings. The van der Waals surface area contributed by atoms with E-state index in [9.17, 15) is 30.7 Å². The Kier molecular flexibility index (Phi) is 4.00.